The van der Waals surface area contributed by atoms with Crippen molar-refractivity contribution in [2.45, 2.75) is 95.1 Å². The number of fused-ring (bicyclic) bond motifs is 1. The van der Waals surface area contributed by atoms with Crippen molar-refractivity contribution in [1.29, 1.82) is 0 Å². The van der Waals surface area contributed by atoms with Crippen LogP contribution in [0.5, 0.6) is 0 Å². The van der Waals surface area contributed by atoms with E-state index < -0.39 is 5.97 Å². The van der Waals surface area contributed by atoms with Crippen LogP contribution < -0.4 is 10.6 Å². The Bertz CT molecular complexity index is 1410. The molecule has 1 unspecified atom stereocenters. The van der Waals surface area contributed by atoms with Gasteiger partial charge in [-0.05, 0) is 106 Å². The number of nitrogens with zero attached hydrogens (tertiary/aromatic N) is 3. The summed E-state index contributed by atoms with van der Waals surface area (Å²) in [5.74, 6) is 2.59. The van der Waals surface area contributed by atoms with Gasteiger partial charge in [0.2, 0.25) is 5.95 Å². The van der Waals surface area contributed by atoms with E-state index in [1.54, 1.807) is 0 Å². The molecule has 7 rings (SSSR count). The summed E-state index contributed by atoms with van der Waals surface area (Å²) in [5, 5.41) is 17.4. The van der Waals surface area contributed by atoms with E-state index in [1.165, 1.54) is 48.1 Å². The van der Waals surface area contributed by atoms with E-state index in [0.29, 0.717) is 11.8 Å². The van der Waals surface area contributed by atoms with E-state index in [1.807, 2.05) is 0 Å². The molecule has 3 atom stereocenters. The van der Waals surface area contributed by atoms with Crippen LogP contribution >= 0.6 is 0 Å². The first-order valence-corrected chi connectivity index (χ1v) is 17.6. The number of aromatic nitrogens is 2. The highest BCUT2D eigenvalue weighted by atomic mass is 16.4. The highest BCUT2D eigenvalue weighted by molar-refractivity contribution is 5.70. The van der Waals surface area contributed by atoms with Crippen LogP contribution in [-0.2, 0) is 17.6 Å². The SMILES string of the molecule is O=C(O)C1CCC([C@@H](CC2CC2)Nc2nc3c(c(N[C@@H](CN4CCCC4)c4ccccc4)n2)CC(c2ccccc2)CC3)CC1. The minimum atomic E-state index is -0.635. The topological polar surface area (TPSA) is 90.4 Å². The summed E-state index contributed by atoms with van der Waals surface area (Å²) in [5.41, 5.74) is 5.14. The van der Waals surface area contributed by atoms with Crippen LogP contribution in [0.4, 0.5) is 11.8 Å². The zero-order chi connectivity index (χ0) is 30.6. The van der Waals surface area contributed by atoms with Gasteiger partial charge in [0.25, 0.3) is 0 Å². The van der Waals surface area contributed by atoms with Gasteiger partial charge in [0, 0.05) is 18.2 Å². The third kappa shape index (κ3) is 7.51. The van der Waals surface area contributed by atoms with Crippen molar-refractivity contribution in [3.05, 3.63) is 83.0 Å². The predicted octanol–water partition coefficient (Wildman–Crippen LogP) is 7.47. The van der Waals surface area contributed by atoms with Crippen molar-refractivity contribution < 1.29 is 9.90 Å². The fourth-order valence-corrected chi connectivity index (χ4v) is 8.13. The van der Waals surface area contributed by atoms with Gasteiger partial charge in [0.05, 0.1) is 17.7 Å². The van der Waals surface area contributed by atoms with Crippen molar-refractivity contribution in [2.24, 2.45) is 17.8 Å². The van der Waals surface area contributed by atoms with Crippen LogP contribution in [0.2, 0.25) is 0 Å². The number of aliphatic carboxylic acids is 1. The molecule has 7 heteroatoms. The molecular formula is C38H49N5O2. The molecular weight excluding hydrogens is 558 g/mol. The van der Waals surface area contributed by atoms with Crippen LogP contribution in [0.1, 0.15) is 98.6 Å². The summed E-state index contributed by atoms with van der Waals surface area (Å²) in [6.07, 6.45) is 12.7. The Morgan fingerprint density at radius 1 is 0.867 bits per heavy atom. The molecule has 1 aromatic heterocycles. The first kappa shape index (κ1) is 30.2. The number of hydrogen-bond acceptors (Lipinski definition) is 6. The number of aryl methyl sites for hydroxylation is 1. The normalized spacial score (nSPS) is 24.8. The molecule has 0 bridgehead atoms. The fourth-order valence-electron chi connectivity index (χ4n) is 8.13. The maximum absolute atomic E-state index is 11.7. The molecule has 2 saturated carbocycles. The maximum atomic E-state index is 11.7. The van der Waals surface area contributed by atoms with Crippen LogP contribution in [0, 0.1) is 17.8 Å². The Kier molecular flexibility index (Phi) is 9.33. The molecule has 2 heterocycles. The second-order valence-electron chi connectivity index (χ2n) is 14.2. The monoisotopic (exact) mass is 607 g/mol. The number of likely N-dealkylation sites (tertiary alicyclic amines) is 1. The Hall–Kier alpha value is -3.45. The lowest BCUT2D eigenvalue weighted by Gasteiger charge is -2.34. The molecule has 7 nitrogen and oxygen atoms in total. The molecule has 0 amide bonds. The Morgan fingerprint density at radius 2 is 1.58 bits per heavy atom. The van der Waals surface area contributed by atoms with Gasteiger partial charge in [-0.1, -0.05) is 73.5 Å². The standard InChI is InChI=1S/C38H49N5O2/c44-37(45)30-17-15-29(16-18-30)34(23-26-13-14-26)41-38-40-33-20-19-31(27-9-3-1-4-10-27)24-32(33)36(42-38)39-35(25-43-21-7-8-22-43)28-11-5-2-6-12-28/h1-6,9-12,26,29-31,34-35H,7-8,13-25H2,(H,44,45)(H2,39,40,41,42)/t29?,30?,31?,34-,35+/m1/s1. The number of anilines is 2. The first-order chi connectivity index (χ1) is 22.1. The molecule has 45 heavy (non-hydrogen) atoms. The number of carboxylic acids is 1. The van der Waals surface area contributed by atoms with Gasteiger partial charge < -0.3 is 20.6 Å². The third-order valence-corrected chi connectivity index (χ3v) is 11.0. The van der Waals surface area contributed by atoms with Gasteiger partial charge in [-0.25, -0.2) is 4.98 Å². The lowest BCUT2D eigenvalue weighted by Crippen LogP contribution is -2.35. The summed E-state index contributed by atoms with van der Waals surface area (Å²) in [4.78, 5) is 24.8. The average Bonchev–Trinajstić information content (AvgIpc) is 3.75. The zero-order valence-corrected chi connectivity index (χ0v) is 26.5. The molecule has 0 spiro atoms. The van der Waals surface area contributed by atoms with E-state index >= 15 is 0 Å². The number of nitrogens with one attached hydrogen (secondary N) is 2. The Morgan fingerprint density at radius 3 is 2.27 bits per heavy atom. The molecule has 0 radical (unpaired) electrons. The first-order valence-electron chi connectivity index (χ1n) is 17.6. The molecule has 4 aliphatic rings. The molecule has 238 valence electrons. The van der Waals surface area contributed by atoms with E-state index in [-0.39, 0.29) is 18.0 Å². The summed E-state index contributed by atoms with van der Waals surface area (Å²) in [7, 11) is 0. The molecule has 3 aromatic rings. The smallest absolute Gasteiger partial charge is 0.306 e. The lowest BCUT2D eigenvalue weighted by molar-refractivity contribution is -0.143. The van der Waals surface area contributed by atoms with Crippen molar-refractivity contribution in [3.63, 3.8) is 0 Å². The van der Waals surface area contributed by atoms with Crippen molar-refractivity contribution in [2.75, 3.05) is 30.3 Å². The van der Waals surface area contributed by atoms with E-state index in [4.69, 9.17) is 9.97 Å². The van der Waals surface area contributed by atoms with Crippen LogP contribution in [-0.4, -0.2) is 51.6 Å². The molecule has 1 saturated heterocycles. The number of carbonyl (C=O) groups is 1. The van der Waals surface area contributed by atoms with Crippen molar-refractivity contribution in [3.8, 4) is 0 Å². The Labute approximate surface area is 268 Å². The Balaban J connectivity index is 1.19. The quantitative estimate of drug-likeness (QED) is 0.197. The van der Waals surface area contributed by atoms with Gasteiger partial charge in [0.1, 0.15) is 5.82 Å². The fraction of sp³-hybridized carbons (Fsp3) is 0.553. The van der Waals surface area contributed by atoms with E-state index in [2.05, 4.69) is 76.2 Å². The maximum Gasteiger partial charge on any atom is 0.306 e. The largest absolute Gasteiger partial charge is 0.481 e. The van der Waals surface area contributed by atoms with E-state index in [0.717, 1.165) is 88.7 Å². The summed E-state index contributed by atoms with van der Waals surface area (Å²) >= 11 is 0. The van der Waals surface area contributed by atoms with Crippen LogP contribution in [0.3, 0.4) is 0 Å². The number of carboxylic acid groups (broad SMARTS) is 1. The van der Waals surface area contributed by atoms with Gasteiger partial charge in [-0.3, -0.25) is 4.79 Å². The highest BCUT2D eigenvalue weighted by Gasteiger charge is 2.35. The van der Waals surface area contributed by atoms with Crippen LogP contribution in [0.25, 0.3) is 0 Å². The summed E-state index contributed by atoms with van der Waals surface area (Å²) in [6, 6.07) is 22.2. The lowest BCUT2D eigenvalue weighted by atomic mass is 9.77. The minimum Gasteiger partial charge on any atom is -0.481 e. The van der Waals surface area contributed by atoms with Crippen molar-refractivity contribution in [1.82, 2.24) is 14.9 Å². The number of rotatable bonds is 12. The summed E-state index contributed by atoms with van der Waals surface area (Å²) in [6.45, 7) is 3.27. The molecule has 1 aliphatic heterocycles. The summed E-state index contributed by atoms with van der Waals surface area (Å²) < 4.78 is 0. The van der Waals surface area contributed by atoms with Gasteiger partial charge in [-0.2, -0.15) is 4.98 Å². The number of benzene rings is 2. The third-order valence-electron chi connectivity index (χ3n) is 11.0. The second kappa shape index (κ2) is 13.9. The minimum absolute atomic E-state index is 0.141. The average molecular weight is 608 g/mol. The van der Waals surface area contributed by atoms with Gasteiger partial charge in [0.15, 0.2) is 0 Å². The number of hydrogen-bond donors (Lipinski definition) is 3. The molecule has 3 aliphatic carbocycles. The second-order valence-corrected chi connectivity index (χ2v) is 14.2. The molecule has 3 fully saturated rings. The van der Waals surface area contributed by atoms with Gasteiger partial charge >= 0.3 is 5.97 Å². The molecule has 2 aromatic carbocycles. The highest BCUT2D eigenvalue weighted by Crippen LogP contribution is 2.41. The van der Waals surface area contributed by atoms with Crippen LogP contribution in [0.15, 0.2) is 60.7 Å². The van der Waals surface area contributed by atoms with E-state index in [9.17, 15) is 9.90 Å². The van der Waals surface area contributed by atoms with Gasteiger partial charge in [-0.15, -0.1) is 0 Å². The predicted molar refractivity (Wildman–Crippen MR) is 180 cm³/mol. The van der Waals surface area contributed by atoms with Crippen molar-refractivity contribution >= 4 is 17.7 Å². The zero-order valence-electron chi connectivity index (χ0n) is 26.5. The molecule has 3 N–H and O–H groups in total.